The van der Waals surface area contributed by atoms with Crippen molar-refractivity contribution in [1.82, 2.24) is 9.37 Å². The number of aliphatic hydroxyl groups is 1. The number of rotatable bonds is 8. The zero-order valence-corrected chi connectivity index (χ0v) is 18.9. The predicted octanol–water partition coefficient (Wildman–Crippen LogP) is 2.24. The molecular weight excluding hydrogens is 442 g/mol. The first kappa shape index (κ1) is 25.5. The summed E-state index contributed by atoms with van der Waals surface area (Å²) in [6.07, 6.45) is 2.23. The third-order valence-electron chi connectivity index (χ3n) is 4.39. The molecule has 0 unspecified atom stereocenters. The molecule has 1 atom stereocenters. The fourth-order valence-electron chi connectivity index (χ4n) is 2.91. The van der Waals surface area contributed by atoms with Gasteiger partial charge in [0.2, 0.25) is 0 Å². The second-order valence-corrected chi connectivity index (χ2v) is 9.72. The maximum Gasteiger partial charge on any atom is 0.410 e. The van der Waals surface area contributed by atoms with Gasteiger partial charge in [0.25, 0.3) is 15.7 Å². The van der Waals surface area contributed by atoms with Crippen molar-refractivity contribution in [1.29, 1.82) is 0 Å². The maximum atomic E-state index is 13.3. The minimum atomic E-state index is -4.33. The monoisotopic (exact) mass is 469 g/mol. The predicted molar refractivity (Wildman–Crippen MR) is 115 cm³/mol. The average Bonchev–Trinajstić information content (AvgIpc) is 2.72. The molecule has 0 spiro atoms. The summed E-state index contributed by atoms with van der Waals surface area (Å²) >= 11 is 0. The van der Waals surface area contributed by atoms with Crippen molar-refractivity contribution in [3.63, 3.8) is 0 Å². The minimum Gasteiger partial charge on any atom is -0.444 e. The highest BCUT2D eigenvalue weighted by Gasteiger charge is 2.39. The standard InChI is InChI=1S/C20H27N3O8S/c1-5-12-30-23(32(28,29)17-8-6-16(7-9-17)22(26)27)18-13-21(11-10-15(18)14-24)19(25)31-20(2,3)4/h5-10,18,24H,1,11-14H2,2-4H3/t18-/m0/s1. The number of sulfonamides is 1. The van der Waals surface area contributed by atoms with Crippen molar-refractivity contribution in [2.75, 3.05) is 26.3 Å². The molecule has 1 aliphatic rings. The van der Waals surface area contributed by atoms with Gasteiger partial charge < -0.3 is 14.7 Å². The van der Waals surface area contributed by atoms with E-state index in [1.165, 1.54) is 17.1 Å². The Balaban J connectivity index is 2.43. The lowest BCUT2D eigenvalue weighted by molar-refractivity contribution is -0.384. The first-order chi connectivity index (χ1) is 14.9. The lowest BCUT2D eigenvalue weighted by atomic mass is 10.0. The van der Waals surface area contributed by atoms with E-state index in [4.69, 9.17) is 9.57 Å². The van der Waals surface area contributed by atoms with E-state index in [1.807, 2.05) is 0 Å². The minimum absolute atomic E-state index is 0.119. The molecular formula is C20H27N3O8S. The van der Waals surface area contributed by atoms with Crippen molar-refractivity contribution in [3.05, 3.63) is 58.7 Å². The highest BCUT2D eigenvalue weighted by Crippen LogP contribution is 2.27. The van der Waals surface area contributed by atoms with Gasteiger partial charge in [-0.15, -0.1) is 6.58 Å². The van der Waals surface area contributed by atoms with Gasteiger partial charge in [0.05, 0.1) is 29.1 Å². The lowest BCUT2D eigenvalue weighted by Crippen LogP contribution is -2.53. The molecule has 1 amide bonds. The molecule has 0 saturated carbocycles. The highest BCUT2D eigenvalue weighted by atomic mass is 32.2. The van der Waals surface area contributed by atoms with Gasteiger partial charge in [0.1, 0.15) is 5.60 Å². The van der Waals surface area contributed by atoms with Crippen molar-refractivity contribution < 1.29 is 32.8 Å². The van der Waals surface area contributed by atoms with Gasteiger partial charge in [0, 0.05) is 25.2 Å². The van der Waals surface area contributed by atoms with E-state index in [1.54, 1.807) is 20.8 Å². The average molecular weight is 470 g/mol. The number of non-ortho nitro benzene ring substituents is 1. The summed E-state index contributed by atoms with van der Waals surface area (Å²) in [5, 5.41) is 20.7. The molecule has 0 fully saturated rings. The maximum absolute atomic E-state index is 13.3. The van der Waals surface area contributed by atoms with Gasteiger partial charge >= 0.3 is 6.09 Å². The van der Waals surface area contributed by atoms with Crippen molar-refractivity contribution in [2.24, 2.45) is 0 Å². The van der Waals surface area contributed by atoms with Crippen LogP contribution in [-0.2, 0) is 19.6 Å². The quantitative estimate of drug-likeness (QED) is 0.347. The van der Waals surface area contributed by atoms with Crippen LogP contribution in [0.25, 0.3) is 0 Å². The van der Waals surface area contributed by atoms with Crippen LogP contribution in [-0.4, -0.2) is 71.9 Å². The lowest BCUT2D eigenvalue weighted by Gasteiger charge is -2.38. The van der Waals surface area contributed by atoms with E-state index in [0.29, 0.717) is 10.0 Å². The van der Waals surface area contributed by atoms with Gasteiger partial charge in [-0.3, -0.25) is 15.0 Å². The summed E-state index contributed by atoms with van der Waals surface area (Å²) in [5.74, 6) is 0. The number of nitro benzene ring substituents is 1. The number of hydrogen-bond acceptors (Lipinski definition) is 8. The van der Waals surface area contributed by atoms with Gasteiger partial charge in [-0.25, -0.2) is 13.2 Å². The fraction of sp³-hybridized carbons (Fsp3) is 0.450. The van der Waals surface area contributed by atoms with Gasteiger partial charge in [-0.05, 0) is 38.5 Å². The molecule has 1 aromatic carbocycles. The smallest absolute Gasteiger partial charge is 0.410 e. The number of hydroxylamine groups is 1. The Morgan fingerprint density at radius 1 is 1.38 bits per heavy atom. The van der Waals surface area contributed by atoms with E-state index in [2.05, 4.69) is 6.58 Å². The van der Waals surface area contributed by atoms with Crippen LogP contribution < -0.4 is 0 Å². The van der Waals surface area contributed by atoms with Gasteiger partial charge in [-0.1, -0.05) is 16.6 Å². The number of nitrogens with zero attached hydrogens (tertiary/aromatic N) is 3. The number of benzene rings is 1. The number of carbonyl (C=O) groups is 1. The summed E-state index contributed by atoms with van der Waals surface area (Å²) in [4.78, 5) is 29.3. The fourth-order valence-corrected chi connectivity index (χ4v) is 4.33. The van der Waals surface area contributed by atoms with Crippen molar-refractivity contribution in [2.45, 2.75) is 37.3 Å². The zero-order valence-electron chi connectivity index (χ0n) is 18.1. The summed E-state index contributed by atoms with van der Waals surface area (Å²) in [7, 11) is -4.33. The number of carbonyl (C=O) groups excluding carboxylic acids is 1. The van der Waals surface area contributed by atoms with E-state index in [0.717, 1.165) is 24.3 Å². The number of nitro groups is 1. The zero-order chi connectivity index (χ0) is 24.1. The van der Waals surface area contributed by atoms with Crippen molar-refractivity contribution >= 4 is 21.8 Å². The third-order valence-corrected chi connectivity index (χ3v) is 6.09. The molecule has 32 heavy (non-hydrogen) atoms. The number of amides is 1. The molecule has 0 radical (unpaired) electrons. The second kappa shape index (κ2) is 10.2. The van der Waals surface area contributed by atoms with Crippen LogP contribution in [0.2, 0.25) is 0 Å². The Bertz CT molecular complexity index is 983. The van der Waals surface area contributed by atoms with Crippen LogP contribution in [0.15, 0.2) is 53.5 Å². The summed E-state index contributed by atoms with van der Waals surface area (Å²) < 4.78 is 32.7. The topological polar surface area (TPSA) is 140 Å². The van der Waals surface area contributed by atoms with Crippen LogP contribution >= 0.6 is 0 Å². The van der Waals surface area contributed by atoms with Crippen LogP contribution in [0, 0.1) is 10.1 Å². The Morgan fingerprint density at radius 2 is 2.00 bits per heavy atom. The molecule has 0 bridgehead atoms. The van der Waals surface area contributed by atoms with Gasteiger partial charge in [0.15, 0.2) is 0 Å². The van der Waals surface area contributed by atoms with Crippen LogP contribution in [0.4, 0.5) is 10.5 Å². The molecule has 0 saturated heterocycles. The first-order valence-electron chi connectivity index (χ1n) is 9.71. The van der Waals surface area contributed by atoms with E-state index < -0.39 is 39.3 Å². The summed E-state index contributed by atoms with van der Waals surface area (Å²) in [6.45, 7) is 7.99. The number of aliphatic hydroxyl groups excluding tert-OH is 1. The second-order valence-electron chi connectivity index (χ2n) is 7.93. The van der Waals surface area contributed by atoms with E-state index in [-0.39, 0.29) is 30.3 Å². The molecule has 1 heterocycles. The Morgan fingerprint density at radius 3 is 2.50 bits per heavy atom. The van der Waals surface area contributed by atoms with E-state index >= 15 is 0 Å². The van der Waals surface area contributed by atoms with Crippen molar-refractivity contribution in [3.8, 4) is 0 Å². The van der Waals surface area contributed by atoms with E-state index in [9.17, 15) is 28.4 Å². The number of hydrogen-bond donors (Lipinski definition) is 1. The Hall–Kier alpha value is -2.80. The first-order valence-corrected chi connectivity index (χ1v) is 11.1. The Labute approximate surface area is 186 Å². The SMILES string of the molecule is C=CCON([C@H]1CN(C(=O)OC(C)(C)C)CC=C1CO)S(=O)(=O)c1ccc([N+](=O)[O-])cc1. The highest BCUT2D eigenvalue weighted by molar-refractivity contribution is 7.89. The summed E-state index contributed by atoms with van der Waals surface area (Å²) in [6, 6.07) is 3.26. The molecule has 12 heteroatoms. The van der Waals surface area contributed by atoms with Crippen LogP contribution in [0.3, 0.4) is 0 Å². The molecule has 2 rings (SSSR count). The molecule has 11 nitrogen and oxygen atoms in total. The molecule has 1 aromatic rings. The largest absolute Gasteiger partial charge is 0.444 e. The molecule has 176 valence electrons. The van der Waals surface area contributed by atoms with Crippen LogP contribution in [0.1, 0.15) is 20.8 Å². The molecule has 0 aliphatic carbocycles. The Kier molecular flexibility index (Phi) is 8.13. The normalized spacial score (nSPS) is 17.1. The molecule has 1 aliphatic heterocycles. The third kappa shape index (κ3) is 6.13. The molecule has 1 N–H and O–H groups in total. The number of ether oxygens (including phenoxy) is 1. The van der Waals surface area contributed by atoms with Crippen LogP contribution in [0.5, 0.6) is 0 Å². The van der Waals surface area contributed by atoms with Gasteiger partial charge in [-0.2, -0.15) is 0 Å². The summed E-state index contributed by atoms with van der Waals surface area (Å²) in [5.41, 5.74) is -0.691. The molecule has 0 aromatic heterocycles.